The third-order valence-corrected chi connectivity index (χ3v) is 7.81. The van der Waals surface area contributed by atoms with Gasteiger partial charge in [-0.05, 0) is 55.5 Å². The first-order valence-corrected chi connectivity index (χ1v) is 12.0. The molecule has 0 saturated carbocycles. The van der Waals surface area contributed by atoms with Gasteiger partial charge in [-0.15, -0.1) is 0 Å². The van der Waals surface area contributed by atoms with Gasteiger partial charge in [0.2, 0.25) is 0 Å². The zero-order chi connectivity index (χ0) is 21.3. The van der Waals surface area contributed by atoms with Crippen LogP contribution in [0.4, 0.5) is 5.69 Å². The average Bonchev–Trinajstić information content (AvgIpc) is 3.26. The number of hydrogen-bond donors (Lipinski definition) is 0. The molecular formula is C22H25ClN2O4S. The number of carbonyl (C=O) groups excluding carboxylic acids is 1. The highest BCUT2D eigenvalue weighted by Gasteiger charge is 2.30. The first kappa shape index (κ1) is 21.2. The van der Waals surface area contributed by atoms with E-state index in [1.807, 2.05) is 24.3 Å². The number of nitrogens with zero attached hydrogens (tertiary/aromatic N) is 2. The predicted octanol–water partition coefficient (Wildman–Crippen LogP) is 3.73. The SMILES string of the molecule is CN(CC1CCCO1)C(=O)c1cc(S(=O)(=O)N2CCCc3ccccc32)ccc1Cl. The summed E-state index contributed by atoms with van der Waals surface area (Å²) >= 11 is 6.28. The van der Waals surface area contributed by atoms with Crippen LogP contribution in [-0.2, 0) is 21.2 Å². The number of ether oxygens (including phenoxy) is 1. The Morgan fingerprint density at radius 2 is 2.03 bits per heavy atom. The minimum absolute atomic E-state index is 0.00879. The molecule has 30 heavy (non-hydrogen) atoms. The van der Waals surface area contributed by atoms with Crippen molar-refractivity contribution in [2.45, 2.75) is 36.7 Å². The number of para-hydroxylation sites is 1. The molecule has 0 N–H and O–H groups in total. The normalized spacial score (nSPS) is 18.9. The Morgan fingerprint density at radius 3 is 2.80 bits per heavy atom. The summed E-state index contributed by atoms with van der Waals surface area (Å²) in [6, 6.07) is 11.9. The molecule has 0 spiro atoms. The molecule has 1 atom stereocenters. The van der Waals surface area contributed by atoms with Gasteiger partial charge in [0.25, 0.3) is 15.9 Å². The van der Waals surface area contributed by atoms with E-state index in [1.54, 1.807) is 11.9 Å². The van der Waals surface area contributed by atoms with Gasteiger partial charge in [-0.25, -0.2) is 8.42 Å². The third kappa shape index (κ3) is 4.06. The summed E-state index contributed by atoms with van der Waals surface area (Å²) < 4.78 is 33.9. The molecule has 2 aliphatic heterocycles. The molecule has 2 aromatic rings. The molecule has 0 bridgehead atoms. The van der Waals surface area contributed by atoms with E-state index in [9.17, 15) is 13.2 Å². The number of hydrogen-bond acceptors (Lipinski definition) is 4. The van der Waals surface area contributed by atoms with E-state index in [4.69, 9.17) is 16.3 Å². The van der Waals surface area contributed by atoms with Crippen LogP contribution in [0.25, 0.3) is 0 Å². The number of halogens is 1. The van der Waals surface area contributed by atoms with Crippen LogP contribution in [0, 0.1) is 0 Å². The van der Waals surface area contributed by atoms with Crippen molar-refractivity contribution in [2.24, 2.45) is 0 Å². The smallest absolute Gasteiger partial charge is 0.264 e. The van der Waals surface area contributed by atoms with Crippen LogP contribution in [0.15, 0.2) is 47.4 Å². The Bertz CT molecular complexity index is 1050. The van der Waals surface area contributed by atoms with E-state index in [-0.39, 0.29) is 27.5 Å². The van der Waals surface area contributed by atoms with Crippen LogP contribution in [-0.4, -0.2) is 52.1 Å². The lowest BCUT2D eigenvalue weighted by atomic mass is 10.0. The predicted molar refractivity (Wildman–Crippen MR) is 117 cm³/mol. The molecule has 8 heteroatoms. The second-order valence-corrected chi connectivity index (χ2v) is 10.0. The third-order valence-electron chi connectivity index (χ3n) is 5.67. The molecule has 0 aliphatic carbocycles. The Morgan fingerprint density at radius 1 is 1.23 bits per heavy atom. The van der Waals surface area contributed by atoms with Crippen LogP contribution in [0.5, 0.6) is 0 Å². The maximum absolute atomic E-state index is 13.4. The van der Waals surface area contributed by atoms with Crippen LogP contribution in [0.3, 0.4) is 0 Å². The second-order valence-electron chi connectivity index (χ2n) is 7.77. The second kappa shape index (κ2) is 8.57. The maximum Gasteiger partial charge on any atom is 0.264 e. The van der Waals surface area contributed by atoms with Crippen molar-refractivity contribution in [1.82, 2.24) is 4.90 Å². The Hall–Kier alpha value is -2.09. The fraction of sp³-hybridized carbons (Fsp3) is 0.409. The molecule has 2 heterocycles. The number of benzene rings is 2. The number of anilines is 1. The zero-order valence-corrected chi connectivity index (χ0v) is 18.5. The Balaban J connectivity index is 1.63. The van der Waals surface area contributed by atoms with Crippen molar-refractivity contribution in [1.29, 1.82) is 0 Å². The topological polar surface area (TPSA) is 66.9 Å². The van der Waals surface area contributed by atoms with Gasteiger partial charge in [0, 0.05) is 26.7 Å². The molecule has 160 valence electrons. The molecule has 1 saturated heterocycles. The van der Waals surface area contributed by atoms with Crippen LogP contribution < -0.4 is 4.31 Å². The first-order chi connectivity index (χ1) is 14.4. The van der Waals surface area contributed by atoms with Gasteiger partial charge in [0.15, 0.2) is 0 Å². The number of aryl methyl sites for hydroxylation is 1. The molecule has 4 rings (SSSR count). The highest BCUT2D eigenvalue weighted by Crippen LogP contribution is 2.33. The average molecular weight is 449 g/mol. The maximum atomic E-state index is 13.4. The molecule has 6 nitrogen and oxygen atoms in total. The highest BCUT2D eigenvalue weighted by molar-refractivity contribution is 7.92. The number of carbonyl (C=O) groups is 1. The number of fused-ring (bicyclic) bond motifs is 1. The fourth-order valence-corrected chi connectivity index (χ4v) is 5.85. The van der Waals surface area contributed by atoms with Crippen molar-refractivity contribution >= 4 is 33.2 Å². The summed E-state index contributed by atoms with van der Waals surface area (Å²) in [5.74, 6) is -0.313. The molecule has 2 aliphatic rings. The van der Waals surface area contributed by atoms with E-state index in [2.05, 4.69) is 0 Å². The molecule has 1 fully saturated rings. The minimum atomic E-state index is -3.82. The van der Waals surface area contributed by atoms with E-state index in [0.29, 0.717) is 25.4 Å². The van der Waals surface area contributed by atoms with Crippen molar-refractivity contribution in [3.05, 3.63) is 58.6 Å². The van der Waals surface area contributed by atoms with Crippen LogP contribution in [0.1, 0.15) is 35.2 Å². The van der Waals surface area contributed by atoms with Gasteiger partial charge in [-0.2, -0.15) is 0 Å². The summed E-state index contributed by atoms with van der Waals surface area (Å²) in [6.45, 7) is 1.56. The molecular weight excluding hydrogens is 424 g/mol. The Labute approximate surface area is 182 Å². The van der Waals surface area contributed by atoms with Gasteiger partial charge in [0.05, 0.1) is 27.3 Å². The largest absolute Gasteiger partial charge is 0.376 e. The van der Waals surface area contributed by atoms with E-state index < -0.39 is 10.0 Å². The number of rotatable bonds is 5. The quantitative estimate of drug-likeness (QED) is 0.699. The van der Waals surface area contributed by atoms with Crippen molar-refractivity contribution in [3.8, 4) is 0 Å². The zero-order valence-electron chi connectivity index (χ0n) is 16.9. The fourth-order valence-electron chi connectivity index (χ4n) is 4.09. The molecule has 0 radical (unpaired) electrons. The summed E-state index contributed by atoms with van der Waals surface area (Å²) in [7, 11) is -2.13. The van der Waals surface area contributed by atoms with Crippen molar-refractivity contribution in [2.75, 3.05) is 31.0 Å². The number of sulfonamides is 1. The van der Waals surface area contributed by atoms with Gasteiger partial charge in [-0.1, -0.05) is 29.8 Å². The van der Waals surface area contributed by atoms with Crippen LogP contribution >= 0.6 is 11.6 Å². The first-order valence-electron chi connectivity index (χ1n) is 10.1. The lowest BCUT2D eigenvalue weighted by molar-refractivity contribution is 0.0587. The summed E-state index contributed by atoms with van der Waals surface area (Å²) in [5, 5.41) is 0.234. The minimum Gasteiger partial charge on any atom is -0.376 e. The van der Waals surface area contributed by atoms with Crippen molar-refractivity contribution in [3.63, 3.8) is 0 Å². The Kier molecular flexibility index (Phi) is 6.04. The lowest BCUT2D eigenvalue weighted by Gasteiger charge is -2.30. The number of amides is 1. The van der Waals surface area contributed by atoms with Gasteiger partial charge in [-0.3, -0.25) is 9.10 Å². The van der Waals surface area contributed by atoms with Gasteiger partial charge >= 0.3 is 0 Å². The molecule has 1 amide bonds. The highest BCUT2D eigenvalue weighted by atomic mass is 35.5. The number of likely N-dealkylation sites (N-methyl/N-ethyl adjacent to an activating group) is 1. The summed E-state index contributed by atoms with van der Waals surface area (Å²) in [6.07, 6.45) is 3.50. The standard InChI is InChI=1S/C22H25ClN2O4S/c1-24(15-17-8-5-13-29-17)22(26)19-14-18(10-11-20(19)23)30(27,28)25-12-4-7-16-6-2-3-9-21(16)25/h2-3,6,9-11,14,17H,4-5,7-8,12-13,15H2,1H3. The molecule has 0 aromatic heterocycles. The van der Waals surface area contributed by atoms with Gasteiger partial charge < -0.3 is 9.64 Å². The lowest BCUT2D eigenvalue weighted by Crippen LogP contribution is -2.36. The molecule has 2 aromatic carbocycles. The van der Waals surface area contributed by atoms with Crippen molar-refractivity contribution < 1.29 is 17.9 Å². The van der Waals surface area contributed by atoms with E-state index in [1.165, 1.54) is 22.5 Å². The van der Waals surface area contributed by atoms with Gasteiger partial charge in [0.1, 0.15) is 0 Å². The van der Waals surface area contributed by atoms with Crippen LogP contribution in [0.2, 0.25) is 5.02 Å². The molecule has 1 unspecified atom stereocenters. The van der Waals surface area contributed by atoms with E-state index >= 15 is 0 Å². The summed E-state index contributed by atoms with van der Waals surface area (Å²) in [5.41, 5.74) is 1.89. The summed E-state index contributed by atoms with van der Waals surface area (Å²) in [4.78, 5) is 14.6. The van der Waals surface area contributed by atoms with E-state index in [0.717, 1.165) is 31.2 Å². The monoisotopic (exact) mass is 448 g/mol.